The summed E-state index contributed by atoms with van der Waals surface area (Å²) in [7, 11) is 0. The molecule has 0 bridgehead atoms. The van der Waals surface area contributed by atoms with E-state index >= 15 is 0 Å². The van der Waals surface area contributed by atoms with Gasteiger partial charge in [-0.05, 0) is 28.1 Å². The lowest BCUT2D eigenvalue weighted by Gasteiger charge is -1.97. The van der Waals surface area contributed by atoms with E-state index in [1.165, 1.54) is 0 Å². The molecule has 4 nitrogen and oxygen atoms in total. The van der Waals surface area contributed by atoms with Crippen LogP contribution in [0.4, 0.5) is 0 Å². The third-order valence-corrected chi connectivity index (χ3v) is 3.73. The highest BCUT2D eigenvalue weighted by atomic mass is 79.9. The molecule has 0 aliphatic rings. The predicted octanol–water partition coefficient (Wildman–Crippen LogP) is 2.69. The monoisotopic (exact) mass is 313 g/mol. The first-order valence-electron chi connectivity index (χ1n) is 5.16. The van der Waals surface area contributed by atoms with Gasteiger partial charge in [0.15, 0.2) is 0 Å². The Morgan fingerprint density at radius 2 is 2.12 bits per heavy atom. The zero-order chi connectivity index (χ0) is 12.1. The van der Waals surface area contributed by atoms with Crippen LogP contribution in [0.1, 0.15) is 5.89 Å². The van der Waals surface area contributed by atoms with Crippen molar-refractivity contribution in [3.05, 3.63) is 34.6 Å². The molecule has 6 heteroatoms. The lowest BCUT2D eigenvalue weighted by Crippen LogP contribution is -2.01. The van der Waals surface area contributed by atoms with Crippen LogP contribution in [0.3, 0.4) is 0 Å². The number of aromatic nitrogens is 2. The molecule has 0 unspecified atom stereocenters. The molecule has 90 valence electrons. The molecular formula is C11H12BrN3OS. The molecule has 0 aliphatic heterocycles. The van der Waals surface area contributed by atoms with Crippen molar-refractivity contribution in [3.63, 3.8) is 0 Å². The van der Waals surface area contributed by atoms with E-state index in [0.717, 1.165) is 15.8 Å². The van der Waals surface area contributed by atoms with Crippen molar-refractivity contribution in [2.45, 2.75) is 5.75 Å². The summed E-state index contributed by atoms with van der Waals surface area (Å²) in [5, 5.41) is 8.04. The molecule has 0 fully saturated rings. The molecule has 1 aromatic carbocycles. The van der Waals surface area contributed by atoms with Crippen molar-refractivity contribution < 1.29 is 4.42 Å². The second-order valence-electron chi connectivity index (χ2n) is 3.32. The molecule has 0 amide bonds. The number of nitrogens with two attached hydrogens (primary N) is 1. The summed E-state index contributed by atoms with van der Waals surface area (Å²) >= 11 is 5.14. The maximum atomic E-state index is 5.58. The van der Waals surface area contributed by atoms with Gasteiger partial charge in [0.2, 0.25) is 11.8 Å². The molecule has 2 N–H and O–H groups in total. The number of rotatable bonds is 5. The van der Waals surface area contributed by atoms with Crippen LogP contribution in [0.25, 0.3) is 11.5 Å². The Labute approximate surface area is 112 Å². The Balaban J connectivity index is 2.10. The number of thioether (sulfide) groups is 1. The molecular weight excluding hydrogens is 302 g/mol. The van der Waals surface area contributed by atoms with Gasteiger partial charge < -0.3 is 10.2 Å². The number of nitrogens with zero attached hydrogens (tertiary/aromatic N) is 2. The number of hydrogen-bond acceptors (Lipinski definition) is 5. The van der Waals surface area contributed by atoms with Crippen LogP contribution in [0.15, 0.2) is 33.2 Å². The highest BCUT2D eigenvalue weighted by Crippen LogP contribution is 2.27. The van der Waals surface area contributed by atoms with Gasteiger partial charge in [0.1, 0.15) is 0 Å². The van der Waals surface area contributed by atoms with Crippen molar-refractivity contribution in [3.8, 4) is 11.5 Å². The van der Waals surface area contributed by atoms with Crippen LogP contribution in [0, 0.1) is 0 Å². The Kier molecular flexibility index (Phi) is 4.58. The van der Waals surface area contributed by atoms with E-state index in [4.69, 9.17) is 10.2 Å². The molecule has 1 aromatic heterocycles. The Bertz CT molecular complexity index is 489. The predicted molar refractivity (Wildman–Crippen MR) is 72.7 cm³/mol. The van der Waals surface area contributed by atoms with E-state index in [2.05, 4.69) is 26.1 Å². The summed E-state index contributed by atoms with van der Waals surface area (Å²) in [6, 6.07) is 7.77. The Hall–Kier alpha value is -0.850. The lowest BCUT2D eigenvalue weighted by molar-refractivity contribution is 0.528. The molecule has 0 saturated heterocycles. The van der Waals surface area contributed by atoms with Crippen LogP contribution < -0.4 is 5.73 Å². The minimum atomic E-state index is 0.542. The number of hydrogen-bond donors (Lipinski definition) is 1. The van der Waals surface area contributed by atoms with E-state index in [0.29, 0.717) is 24.1 Å². The molecule has 0 aliphatic carbocycles. The topological polar surface area (TPSA) is 64.9 Å². The lowest BCUT2D eigenvalue weighted by atomic mass is 10.2. The van der Waals surface area contributed by atoms with Crippen molar-refractivity contribution in [2.75, 3.05) is 12.3 Å². The first-order chi connectivity index (χ1) is 8.31. The molecule has 0 spiro atoms. The minimum Gasteiger partial charge on any atom is -0.420 e. The summed E-state index contributed by atoms with van der Waals surface area (Å²) in [6.45, 7) is 0.663. The van der Waals surface area contributed by atoms with E-state index in [-0.39, 0.29) is 0 Å². The molecule has 2 rings (SSSR count). The van der Waals surface area contributed by atoms with Crippen molar-refractivity contribution in [2.24, 2.45) is 5.73 Å². The van der Waals surface area contributed by atoms with Crippen LogP contribution >= 0.6 is 27.7 Å². The Morgan fingerprint density at radius 3 is 2.88 bits per heavy atom. The molecule has 2 aromatic rings. The highest BCUT2D eigenvalue weighted by Gasteiger charge is 2.10. The second-order valence-corrected chi connectivity index (χ2v) is 5.28. The molecule has 0 saturated carbocycles. The van der Waals surface area contributed by atoms with Gasteiger partial charge in [0.25, 0.3) is 0 Å². The van der Waals surface area contributed by atoms with Gasteiger partial charge >= 0.3 is 0 Å². The average molecular weight is 314 g/mol. The molecule has 0 atom stereocenters. The third kappa shape index (κ3) is 3.31. The first-order valence-corrected chi connectivity index (χ1v) is 7.11. The third-order valence-electron chi connectivity index (χ3n) is 2.06. The van der Waals surface area contributed by atoms with Gasteiger partial charge in [-0.3, -0.25) is 0 Å². The van der Waals surface area contributed by atoms with Crippen LogP contribution in [-0.2, 0) is 5.75 Å². The van der Waals surface area contributed by atoms with Crippen molar-refractivity contribution >= 4 is 27.7 Å². The minimum absolute atomic E-state index is 0.542. The van der Waals surface area contributed by atoms with E-state index in [1.54, 1.807) is 11.8 Å². The zero-order valence-corrected chi connectivity index (χ0v) is 11.5. The van der Waals surface area contributed by atoms with Gasteiger partial charge in [-0.25, -0.2) is 0 Å². The first kappa shape index (κ1) is 12.6. The standard InChI is InChI=1S/C11H12BrN3OS/c12-9-4-2-1-3-8(9)11-15-14-10(16-11)7-17-6-5-13/h1-4H,5-7,13H2. The van der Waals surface area contributed by atoms with Crippen molar-refractivity contribution in [1.82, 2.24) is 10.2 Å². The van der Waals surface area contributed by atoms with Crippen LogP contribution in [0.5, 0.6) is 0 Å². The number of halogens is 1. The van der Waals surface area contributed by atoms with Crippen LogP contribution in [0.2, 0.25) is 0 Å². The van der Waals surface area contributed by atoms with Gasteiger partial charge in [-0.2, -0.15) is 11.8 Å². The summed E-state index contributed by atoms with van der Waals surface area (Å²) < 4.78 is 6.53. The second kappa shape index (κ2) is 6.18. The van der Waals surface area contributed by atoms with Gasteiger partial charge in [0, 0.05) is 16.8 Å². The summed E-state index contributed by atoms with van der Waals surface area (Å²) in [6.07, 6.45) is 0. The fraction of sp³-hybridized carbons (Fsp3) is 0.273. The SMILES string of the molecule is NCCSCc1nnc(-c2ccccc2Br)o1. The summed E-state index contributed by atoms with van der Waals surface area (Å²) in [5.41, 5.74) is 6.33. The molecule has 0 radical (unpaired) electrons. The summed E-state index contributed by atoms with van der Waals surface area (Å²) in [5.74, 6) is 2.77. The maximum absolute atomic E-state index is 5.58. The van der Waals surface area contributed by atoms with Crippen LogP contribution in [-0.4, -0.2) is 22.5 Å². The normalized spacial score (nSPS) is 10.7. The van der Waals surface area contributed by atoms with Gasteiger partial charge in [-0.15, -0.1) is 10.2 Å². The maximum Gasteiger partial charge on any atom is 0.248 e. The quantitative estimate of drug-likeness (QED) is 0.860. The fourth-order valence-electron chi connectivity index (χ4n) is 1.30. The van der Waals surface area contributed by atoms with Gasteiger partial charge in [0.05, 0.1) is 11.3 Å². The average Bonchev–Trinajstić information content (AvgIpc) is 2.79. The smallest absolute Gasteiger partial charge is 0.248 e. The Morgan fingerprint density at radius 1 is 1.29 bits per heavy atom. The largest absolute Gasteiger partial charge is 0.420 e. The van der Waals surface area contributed by atoms with E-state index in [1.807, 2.05) is 24.3 Å². The molecule has 1 heterocycles. The van der Waals surface area contributed by atoms with E-state index < -0.39 is 0 Å². The summed E-state index contributed by atoms with van der Waals surface area (Å²) in [4.78, 5) is 0. The fourth-order valence-corrected chi connectivity index (χ4v) is 2.35. The van der Waals surface area contributed by atoms with Gasteiger partial charge in [-0.1, -0.05) is 12.1 Å². The molecule has 17 heavy (non-hydrogen) atoms. The highest BCUT2D eigenvalue weighted by molar-refractivity contribution is 9.10. The number of benzene rings is 1. The van der Waals surface area contributed by atoms with E-state index in [9.17, 15) is 0 Å². The van der Waals surface area contributed by atoms with Crippen molar-refractivity contribution in [1.29, 1.82) is 0 Å². The zero-order valence-electron chi connectivity index (χ0n) is 9.10.